The van der Waals surface area contributed by atoms with Gasteiger partial charge in [0.1, 0.15) is 17.0 Å². The van der Waals surface area contributed by atoms with Crippen molar-refractivity contribution in [2.45, 2.75) is 25.3 Å². The molecule has 0 spiro atoms. The number of aliphatic carboxylic acids is 1. The smallest absolute Gasteiger partial charge is 0.308 e. The lowest BCUT2D eigenvalue weighted by Crippen LogP contribution is -2.39. The van der Waals surface area contributed by atoms with Gasteiger partial charge in [-0.05, 0) is 49.3 Å². The van der Waals surface area contributed by atoms with Crippen molar-refractivity contribution in [3.8, 4) is 0 Å². The van der Waals surface area contributed by atoms with Gasteiger partial charge in [-0.3, -0.25) is 10.2 Å². The molecule has 5 N–H and O–H groups in total. The summed E-state index contributed by atoms with van der Waals surface area (Å²) in [5, 5.41) is 26.5. The number of hydrogen-bond donors (Lipinski definition) is 4. The number of rotatable bonds is 5. The summed E-state index contributed by atoms with van der Waals surface area (Å²) < 4.78 is 1.62. The second-order valence-corrected chi connectivity index (χ2v) is 8.39. The van der Waals surface area contributed by atoms with E-state index in [4.69, 9.17) is 22.7 Å². The Labute approximate surface area is 176 Å². The summed E-state index contributed by atoms with van der Waals surface area (Å²) in [4.78, 5) is 20.5. The Morgan fingerprint density at radius 1 is 1.37 bits per heavy atom. The van der Waals surface area contributed by atoms with Gasteiger partial charge < -0.3 is 16.2 Å². The third-order valence-electron chi connectivity index (χ3n) is 6.27. The van der Waals surface area contributed by atoms with E-state index >= 15 is 0 Å². The standard InChI is InChI=1S/C20H20ClN7O2/c21-11-7-12(17(23)24-8-11)15(22)19-26-18(13-2-1-5-28(13)27-19)25-16-10-4-3-9(6-10)14(16)20(29)30/h1-2,5,7-10,14,16,22H,3-4,6H2,(H2,23,24)(H,29,30)(H,25,26,27). The van der Waals surface area contributed by atoms with E-state index in [9.17, 15) is 9.90 Å². The van der Waals surface area contributed by atoms with Crippen molar-refractivity contribution in [2.75, 3.05) is 11.1 Å². The minimum absolute atomic E-state index is 0.0103. The number of carboxylic acid groups (broad SMARTS) is 1. The van der Waals surface area contributed by atoms with Gasteiger partial charge in [0.25, 0.3) is 0 Å². The third kappa shape index (κ3) is 2.97. The number of fused-ring (bicyclic) bond motifs is 3. The maximum atomic E-state index is 11.9. The normalized spacial score (nSPS) is 25.0. The topological polar surface area (TPSA) is 142 Å². The molecule has 3 heterocycles. The van der Waals surface area contributed by atoms with Gasteiger partial charge in [-0.2, -0.15) is 0 Å². The van der Waals surface area contributed by atoms with Crippen molar-refractivity contribution in [3.63, 3.8) is 0 Å². The zero-order valence-corrected chi connectivity index (χ0v) is 16.7. The molecule has 0 aliphatic heterocycles. The fourth-order valence-electron chi connectivity index (χ4n) is 4.93. The van der Waals surface area contributed by atoms with Crippen LogP contribution in [0.15, 0.2) is 30.6 Å². The number of nitrogens with one attached hydrogen (secondary N) is 2. The molecule has 2 bridgehead atoms. The lowest BCUT2D eigenvalue weighted by molar-refractivity contribution is -0.143. The van der Waals surface area contributed by atoms with Crippen LogP contribution in [0.4, 0.5) is 11.6 Å². The van der Waals surface area contributed by atoms with Crippen LogP contribution in [0.1, 0.15) is 30.7 Å². The molecule has 0 saturated heterocycles. The van der Waals surface area contributed by atoms with Gasteiger partial charge in [0, 0.05) is 24.0 Å². The average Bonchev–Trinajstić information content (AvgIpc) is 3.44. The molecule has 0 radical (unpaired) electrons. The van der Waals surface area contributed by atoms with E-state index in [-0.39, 0.29) is 29.3 Å². The van der Waals surface area contributed by atoms with Crippen LogP contribution in [0.25, 0.3) is 5.52 Å². The lowest BCUT2D eigenvalue weighted by Gasteiger charge is -2.29. The first-order chi connectivity index (χ1) is 14.4. The van der Waals surface area contributed by atoms with Gasteiger partial charge in [-0.15, -0.1) is 5.10 Å². The van der Waals surface area contributed by atoms with Gasteiger partial charge in [0.15, 0.2) is 5.82 Å². The van der Waals surface area contributed by atoms with Gasteiger partial charge in [0.2, 0.25) is 5.82 Å². The minimum Gasteiger partial charge on any atom is -0.481 e. The number of pyridine rings is 1. The molecular weight excluding hydrogens is 406 g/mol. The molecule has 2 aliphatic rings. The number of carbonyl (C=O) groups is 1. The van der Waals surface area contributed by atoms with E-state index in [0.717, 1.165) is 24.8 Å². The molecular formula is C20H20ClN7O2. The highest BCUT2D eigenvalue weighted by Crippen LogP contribution is 2.49. The van der Waals surface area contributed by atoms with E-state index in [2.05, 4.69) is 20.4 Å². The Bertz CT molecular complexity index is 1180. The van der Waals surface area contributed by atoms with Crippen LogP contribution < -0.4 is 11.1 Å². The predicted octanol–water partition coefficient (Wildman–Crippen LogP) is 2.69. The monoisotopic (exact) mass is 425 g/mol. The maximum absolute atomic E-state index is 11.9. The third-order valence-corrected chi connectivity index (χ3v) is 6.48. The van der Waals surface area contributed by atoms with Crippen LogP contribution in [0.2, 0.25) is 5.02 Å². The van der Waals surface area contributed by atoms with E-state index in [1.165, 1.54) is 6.20 Å². The average molecular weight is 426 g/mol. The summed E-state index contributed by atoms with van der Waals surface area (Å²) in [6.07, 6.45) is 6.07. The van der Waals surface area contributed by atoms with Crippen molar-refractivity contribution >= 4 is 40.4 Å². The molecule has 30 heavy (non-hydrogen) atoms. The number of halogens is 1. The lowest BCUT2D eigenvalue weighted by atomic mass is 9.84. The first-order valence-electron chi connectivity index (χ1n) is 9.77. The second kappa shape index (κ2) is 6.94. The summed E-state index contributed by atoms with van der Waals surface area (Å²) in [5.74, 6) is 0.102. The molecule has 0 aromatic carbocycles. The number of anilines is 2. The predicted molar refractivity (Wildman–Crippen MR) is 112 cm³/mol. The zero-order chi connectivity index (χ0) is 21.0. The largest absolute Gasteiger partial charge is 0.481 e. The molecule has 10 heteroatoms. The Kier molecular flexibility index (Phi) is 4.35. The van der Waals surface area contributed by atoms with Crippen molar-refractivity contribution in [1.82, 2.24) is 19.6 Å². The molecule has 2 fully saturated rings. The van der Waals surface area contributed by atoms with E-state index < -0.39 is 11.9 Å². The number of nitrogen functional groups attached to an aromatic ring is 1. The van der Waals surface area contributed by atoms with Crippen molar-refractivity contribution in [2.24, 2.45) is 17.8 Å². The van der Waals surface area contributed by atoms with Crippen LogP contribution in [-0.2, 0) is 4.79 Å². The molecule has 3 aromatic rings. The van der Waals surface area contributed by atoms with Gasteiger partial charge >= 0.3 is 5.97 Å². The van der Waals surface area contributed by atoms with Crippen LogP contribution >= 0.6 is 11.6 Å². The fraction of sp³-hybridized carbons (Fsp3) is 0.350. The first-order valence-corrected chi connectivity index (χ1v) is 10.1. The van der Waals surface area contributed by atoms with E-state index in [1.807, 2.05) is 12.1 Å². The zero-order valence-electron chi connectivity index (χ0n) is 15.9. The summed E-state index contributed by atoms with van der Waals surface area (Å²) in [5.41, 5.74) is 6.97. The van der Waals surface area contributed by atoms with Crippen LogP contribution in [0, 0.1) is 23.2 Å². The number of nitrogens with two attached hydrogens (primary N) is 1. The molecule has 154 valence electrons. The van der Waals surface area contributed by atoms with Gasteiger partial charge in [-0.25, -0.2) is 14.5 Å². The Hall–Kier alpha value is -3.20. The molecule has 4 unspecified atom stereocenters. The van der Waals surface area contributed by atoms with Crippen molar-refractivity contribution in [3.05, 3.63) is 47.0 Å². The second-order valence-electron chi connectivity index (χ2n) is 7.95. The van der Waals surface area contributed by atoms with E-state index in [1.54, 1.807) is 16.8 Å². The first kappa shape index (κ1) is 18.8. The van der Waals surface area contributed by atoms with Crippen LogP contribution in [0.3, 0.4) is 0 Å². The molecule has 0 amide bonds. The minimum atomic E-state index is -0.772. The van der Waals surface area contributed by atoms with Crippen molar-refractivity contribution < 1.29 is 9.90 Å². The fourth-order valence-corrected chi connectivity index (χ4v) is 5.09. The van der Waals surface area contributed by atoms with Gasteiger partial charge in [0.05, 0.1) is 10.9 Å². The molecule has 3 aromatic heterocycles. The number of carboxylic acids is 1. The summed E-state index contributed by atoms with van der Waals surface area (Å²) in [6, 6.07) is 5.04. The molecule has 4 atom stereocenters. The Balaban J connectivity index is 1.55. The number of nitrogens with zero attached hydrogens (tertiary/aromatic N) is 4. The van der Waals surface area contributed by atoms with Crippen LogP contribution in [0.5, 0.6) is 0 Å². The molecule has 9 nitrogen and oxygen atoms in total. The molecule has 5 rings (SSSR count). The maximum Gasteiger partial charge on any atom is 0.308 e. The SMILES string of the molecule is N=C(c1nc(NC2C3CCC(C3)C2C(=O)O)c2cccn2n1)c1cc(Cl)cnc1N. The molecule has 2 aliphatic carbocycles. The Morgan fingerprint density at radius 2 is 2.17 bits per heavy atom. The van der Waals surface area contributed by atoms with E-state index in [0.29, 0.717) is 22.3 Å². The highest BCUT2D eigenvalue weighted by atomic mass is 35.5. The quantitative estimate of drug-likeness (QED) is 0.460. The highest BCUT2D eigenvalue weighted by Gasteiger charge is 2.51. The Morgan fingerprint density at radius 3 is 2.97 bits per heavy atom. The number of hydrogen-bond acceptors (Lipinski definition) is 7. The molecule has 2 saturated carbocycles. The van der Waals surface area contributed by atoms with Gasteiger partial charge in [-0.1, -0.05) is 11.6 Å². The number of aromatic nitrogens is 4. The van der Waals surface area contributed by atoms with Crippen molar-refractivity contribution in [1.29, 1.82) is 5.41 Å². The summed E-state index contributed by atoms with van der Waals surface area (Å²) in [6.45, 7) is 0. The highest BCUT2D eigenvalue weighted by molar-refractivity contribution is 6.31. The summed E-state index contributed by atoms with van der Waals surface area (Å²) in [7, 11) is 0. The summed E-state index contributed by atoms with van der Waals surface area (Å²) >= 11 is 6.02. The van der Waals surface area contributed by atoms with Crippen LogP contribution in [-0.4, -0.2) is 42.4 Å².